The molecular weight excluding hydrogens is 515 g/mol. The molecule has 1 aromatic carbocycles. The number of hydrogen-bond donors (Lipinski definition) is 2. The molecule has 0 saturated heterocycles. The van der Waals surface area contributed by atoms with Gasteiger partial charge in [-0.05, 0) is 25.3 Å². The maximum atomic E-state index is 5.56. The van der Waals surface area contributed by atoms with Crippen LogP contribution in [0.4, 0.5) is 0 Å². The van der Waals surface area contributed by atoms with E-state index >= 15 is 0 Å². The average Bonchev–Trinajstić information content (AvgIpc) is 3.20. The number of nitrogens with one attached hydrogen (secondary N) is 2. The van der Waals surface area contributed by atoms with Crippen molar-refractivity contribution < 1.29 is 14.2 Å². The van der Waals surface area contributed by atoms with Gasteiger partial charge in [-0.25, -0.2) is 9.98 Å². The van der Waals surface area contributed by atoms with Gasteiger partial charge in [-0.15, -0.1) is 35.3 Å². The Morgan fingerprint density at radius 1 is 1.10 bits per heavy atom. The van der Waals surface area contributed by atoms with Crippen LogP contribution in [0.5, 0.6) is 17.2 Å². The number of aliphatic imine (C=N–C) groups is 1. The summed E-state index contributed by atoms with van der Waals surface area (Å²) in [6, 6.07) is 3.89. The minimum Gasteiger partial charge on any atom is -0.493 e. The zero-order chi connectivity index (χ0) is 21.2. The van der Waals surface area contributed by atoms with Gasteiger partial charge in [0.1, 0.15) is 5.01 Å². The monoisotopic (exact) mass is 548 g/mol. The van der Waals surface area contributed by atoms with Crippen LogP contribution in [0.2, 0.25) is 0 Å². The first-order chi connectivity index (χ1) is 14.0. The van der Waals surface area contributed by atoms with Gasteiger partial charge < -0.3 is 24.8 Å². The van der Waals surface area contributed by atoms with Crippen molar-refractivity contribution in [3.8, 4) is 17.2 Å². The second-order valence-corrected chi connectivity index (χ2v) is 7.63. The molecule has 0 aliphatic carbocycles. The maximum Gasteiger partial charge on any atom is 0.203 e. The fourth-order valence-corrected chi connectivity index (χ4v) is 3.71. The number of nitrogens with zero attached hydrogens (tertiary/aromatic N) is 2. The van der Waals surface area contributed by atoms with Gasteiger partial charge in [-0.2, -0.15) is 0 Å². The zero-order valence-electron chi connectivity index (χ0n) is 18.6. The Morgan fingerprint density at radius 3 is 2.40 bits per heavy atom. The number of methoxy groups -OCH3 is 3. The first kappa shape index (κ1) is 26.3. The Labute approximate surface area is 200 Å². The van der Waals surface area contributed by atoms with Crippen LogP contribution in [0.25, 0.3) is 0 Å². The summed E-state index contributed by atoms with van der Waals surface area (Å²) in [5.74, 6) is 3.16. The molecule has 0 saturated carbocycles. The summed E-state index contributed by atoms with van der Waals surface area (Å²) in [6.07, 6.45) is 0.753. The van der Waals surface area contributed by atoms with E-state index in [0.29, 0.717) is 36.3 Å². The fraction of sp³-hybridized carbons (Fsp3) is 0.524. The van der Waals surface area contributed by atoms with Crippen LogP contribution in [0.3, 0.4) is 0 Å². The van der Waals surface area contributed by atoms with Crippen LogP contribution in [0.15, 0.2) is 22.5 Å². The van der Waals surface area contributed by atoms with Gasteiger partial charge in [0.2, 0.25) is 5.75 Å². The lowest BCUT2D eigenvalue weighted by atomic mass is 10.1. The Kier molecular flexibility index (Phi) is 11.9. The predicted octanol–water partition coefficient (Wildman–Crippen LogP) is 4.21. The molecule has 9 heteroatoms. The van der Waals surface area contributed by atoms with Crippen LogP contribution < -0.4 is 24.8 Å². The molecule has 30 heavy (non-hydrogen) atoms. The fourth-order valence-electron chi connectivity index (χ4n) is 2.83. The zero-order valence-corrected chi connectivity index (χ0v) is 21.7. The van der Waals surface area contributed by atoms with E-state index < -0.39 is 0 Å². The van der Waals surface area contributed by atoms with Crippen molar-refractivity contribution in [3.63, 3.8) is 0 Å². The molecule has 7 nitrogen and oxygen atoms in total. The van der Waals surface area contributed by atoms with Crippen molar-refractivity contribution >= 4 is 41.3 Å². The van der Waals surface area contributed by atoms with Crippen molar-refractivity contribution in [2.45, 2.75) is 39.7 Å². The third kappa shape index (κ3) is 7.19. The minimum absolute atomic E-state index is 0. The summed E-state index contributed by atoms with van der Waals surface area (Å²) < 4.78 is 16.4. The molecule has 2 rings (SSSR count). The number of hydrogen-bond acceptors (Lipinski definition) is 6. The molecular formula is C21H33IN4O3S. The first-order valence-electron chi connectivity index (χ1n) is 9.78. The number of ether oxygens (including phenoxy) is 3. The number of benzene rings is 1. The molecule has 0 unspecified atom stereocenters. The Balaban J connectivity index is 0.00000450. The lowest BCUT2D eigenvalue weighted by molar-refractivity contribution is 0.322. The number of guanidine groups is 1. The Hall–Kier alpha value is -1.75. The van der Waals surface area contributed by atoms with Gasteiger partial charge >= 0.3 is 0 Å². The van der Waals surface area contributed by atoms with Gasteiger partial charge in [0.05, 0.1) is 33.6 Å². The Bertz CT molecular complexity index is 812. The van der Waals surface area contributed by atoms with E-state index in [0.717, 1.165) is 35.2 Å². The van der Waals surface area contributed by atoms with E-state index in [1.165, 1.54) is 0 Å². The minimum atomic E-state index is 0. The highest BCUT2D eigenvalue weighted by Crippen LogP contribution is 2.39. The quantitative estimate of drug-likeness (QED) is 0.263. The smallest absolute Gasteiger partial charge is 0.203 e. The second-order valence-electron chi connectivity index (χ2n) is 6.69. The highest BCUT2D eigenvalue weighted by molar-refractivity contribution is 14.0. The molecule has 2 N–H and O–H groups in total. The van der Waals surface area contributed by atoms with Gasteiger partial charge in [-0.3, -0.25) is 0 Å². The largest absolute Gasteiger partial charge is 0.493 e. The molecule has 0 aliphatic rings. The molecule has 0 aliphatic heterocycles. The van der Waals surface area contributed by atoms with Gasteiger partial charge in [-0.1, -0.05) is 19.9 Å². The number of thiazole rings is 1. The van der Waals surface area contributed by atoms with Gasteiger partial charge in [0, 0.05) is 24.0 Å². The first-order valence-corrected chi connectivity index (χ1v) is 10.7. The normalized spacial score (nSPS) is 11.1. The van der Waals surface area contributed by atoms with Crippen molar-refractivity contribution in [3.05, 3.63) is 33.8 Å². The molecule has 0 bridgehead atoms. The molecule has 168 valence electrons. The summed E-state index contributed by atoms with van der Waals surface area (Å²) in [4.78, 5) is 9.30. The van der Waals surface area contributed by atoms with Crippen LogP contribution >= 0.6 is 35.3 Å². The highest BCUT2D eigenvalue weighted by Gasteiger charge is 2.15. The topological polar surface area (TPSA) is 77.0 Å². The average molecular weight is 548 g/mol. The van der Waals surface area contributed by atoms with E-state index in [-0.39, 0.29) is 24.0 Å². The highest BCUT2D eigenvalue weighted by atomic mass is 127. The Morgan fingerprint density at radius 2 is 1.83 bits per heavy atom. The summed E-state index contributed by atoms with van der Waals surface area (Å²) in [7, 11) is 4.87. The number of aromatic nitrogens is 1. The van der Waals surface area contributed by atoms with Crippen molar-refractivity contribution in [1.29, 1.82) is 0 Å². The molecule has 0 atom stereocenters. The lowest BCUT2D eigenvalue weighted by Crippen LogP contribution is -2.38. The molecule has 0 amide bonds. The molecule has 1 heterocycles. The molecule has 1 aromatic heterocycles. The van der Waals surface area contributed by atoms with Crippen LogP contribution in [0.1, 0.15) is 43.0 Å². The number of halogens is 1. The van der Waals surface area contributed by atoms with Crippen LogP contribution in [-0.2, 0) is 13.0 Å². The van der Waals surface area contributed by atoms with Crippen molar-refractivity contribution in [2.24, 2.45) is 4.99 Å². The predicted molar refractivity (Wildman–Crippen MR) is 134 cm³/mol. The standard InChI is InChI=1S/C21H32N4O3S.HI/c1-7-22-21(24-12-18-25-16(13-29-18)14(2)3)23-11-10-15-8-9-17(26-4)20(28-6)19(15)27-5;/h8-9,13-14H,7,10-12H2,1-6H3,(H2,22,23,24);1H. The molecule has 0 radical (unpaired) electrons. The molecule has 0 fully saturated rings. The van der Waals surface area contributed by atoms with Gasteiger partial charge in [0.15, 0.2) is 17.5 Å². The number of rotatable bonds is 10. The van der Waals surface area contributed by atoms with E-state index in [4.69, 9.17) is 14.2 Å². The summed E-state index contributed by atoms with van der Waals surface area (Å²) in [5, 5.41) is 9.78. The van der Waals surface area contributed by atoms with Crippen LogP contribution in [0, 0.1) is 0 Å². The molecule has 2 aromatic rings. The van der Waals surface area contributed by atoms with E-state index in [1.807, 2.05) is 12.1 Å². The van der Waals surface area contributed by atoms with Crippen molar-refractivity contribution in [1.82, 2.24) is 15.6 Å². The summed E-state index contributed by atoms with van der Waals surface area (Å²) in [5.41, 5.74) is 2.16. The lowest BCUT2D eigenvalue weighted by Gasteiger charge is -2.16. The van der Waals surface area contributed by atoms with Crippen LogP contribution in [-0.4, -0.2) is 45.4 Å². The SMILES string of the molecule is CCNC(=NCc1nc(C(C)C)cs1)NCCc1ccc(OC)c(OC)c1OC.I. The summed E-state index contributed by atoms with van der Waals surface area (Å²) in [6.45, 7) is 8.40. The van der Waals surface area contributed by atoms with E-state index in [2.05, 4.69) is 46.8 Å². The third-order valence-corrected chi connectivity index (χ3v) is 5.20. The summed E-state index contributed by atoms with van der Waals surface area (Å²) >= 11 is 1.66. The van der Waals surface area contributed by atoms with E-state index in [9.17, 15) is 0 Å². The molecule has 0 spiro atoms. The third-order valence-electron chi connectivity index (χ3n) is 4.35. The van der Waals surface area contributed by atoms with E-state index in [1.54, 1.807) is 32.7 Å². The second kappa shape index (κ2) is 13.5. The van der Waals surface area contributed by atoms with Gasteiger partial charge in [0.25, 0.3) is 0 Å². The van der Waals surface area contributed by atoms with Crippen molar-refractivity contribution in [2.75, 3.05) is 34.4 Å². The maximum absolute atomic E-state index is 5.56.